The molecule has 0 radical (unpaired) electrons. The van der Waals surface area contributed by atoms with Crippen LogP contribution in [0.1, 0.15) is 12.0 Å². The lowest BCUT2D eigenvalue weighted by molar-refractivity contribution is 0.280. The SMILES string of the molecule is Cc1ccc2[nH]c(=O)n(CCCO)c2c1. The number of imidazole rings is 1. The Balaban J connectivity index is 2.55. The van der Waals surface area contributed by atoms with Crippen molar-refractivity contribution in [1.29, 1.82) is 0 Å². The van der Waals surface area contributed by atoms with E-state index in [1.807, 2.05) is 25.1 Å². The first-order valence-electron chi connectivity index (χ1n) is 5.02. The van der Waals surface area contributed by atoms with Gasteiger partial charge in [-0.3, -0.25) is 4.57 Å². The summed E-state index contributed by atoms with van der Waals surface area (Å²) in [5, 5.41) is 8.76. The molecule has 1 aromatic heterocycles. The van der Waals surface area contributed by atoms with E-state index in [2.05, 4.69) is 4.98 Å². The standard InChI is InChI=1S/C11H14N2O2/c1-8-3-4-9-10(7-8)13(5-2-6-14)11(15)12-9/h3-4,7,14H,2,5-6H2,1H3,(H,12,15). The van der Waals surface area contributed by atoms with E-state index < -0.39 is 0 Å². The van der Waals surface area contributed by atoms with Gasteiger partial charge in [0, 0.05) is 13.2 Å². The Morgan fingerprint density at radius 1 is 1.47 bits per heavy atom. The molecule has 4 nitrogen and oxygen atoms in total. The van der Waals surface area contributed by atoms with Crippen LogP contribution in [0.25, 0.3) is 11.0 Å². The maximum absolute atomic E-state index is 11.6. The number of nitrogens with zero attached hydrogens (tertiary/aromatic N) is 1. The number of fused-ring (bicyclic) bond motifs is 1. The Bertz CT molecular complexity index is 525. The van der Waals surface area contributed by atoms with Gasteiger partial charge in [0.25, 0.3) is 0 Å². The number of nitrogens with one attached hydrogen (secondary N) is 1. The molecule has 2 N–H and O–H groups in total. The quantitative estimate of drug-likeness (QED) is 0.787. The normalized spacial score (nSPS) is 11.1. The lowest BCUT2D eigenvalue weighted by atomic mass is 10.2. The zero-order valence-corrected chi connectivity index (χ0v) is 8.66. The van der Waals surface area contributed by atoms with Gasteiger partial charge in [0.1, 0.15) is 0 Å². The minimum atomic E-state index is -0.107. The first-order chi connectivity index (χ1) is 7.22. The zero-order chi connectivity index (χ0) is 10.8. The van der Waals surface area contributed by atoms with Crippen molar-refractivity contribution in [3.05, 3.63) is 34.2 Å². The summed E-state index contributed by atoms with van der Waals surface area (Å²) in [4.78, 5) is 14.4. The Morgan fingerprint density at radius 2 is 2.27 bits per heavy atom. The fraction of sp³-hybridized carbons (Fsp3) is 0.364. The predicted molar refractivity (Wildman–Crippen MR) is 59.0 cm³/mol. The van der Waals surface area contributed by atoms with Crippen LogP contribution in [0.4, 0.5) is 0 Å². The average Bonchev–Trinajstić information content (AvgIpc) is 2.51. The van der Waals surface area contributed by atoms with Gasteiger partial charge < -0.3 is 10.1 Å². The summed E-state index contributed by atoms with van der Waals surface area (Å²) in [6.07, 6.45) is 0.598. The van der Waals surface area contributed by atoms with Gasteiger partial charge in [0.05, 0.1) is 11.0 Å². The van der Waals surface area contributed by atoms with Crippen LogP contribution in [0.3, 0.4) is 0 Å². The van der Waals surface area contributed by atoms with E-state index in [0.29, 0.717) is 13.0 Å². The molecule has 0 aliphatic heterocycles. The smallest absolute Gasteiger partial charge is 0.326 e. The third kappa shape index (κ3) is 1.80. The van der Waals surface area contributed by atoms with Crippen LogP contribution >= 0.6 is 0 Å². The van der Waals surface area contributed by atoms with Crippen molar-refractivity contribution in [1.82, 2.24) is 9.55 Å². The molecule has 15 heavy (non-hydrogen) atoms. The fourth-order valence-corrected chi connectivity index (χ4v) is 1.71. The predicted octanol–water partition coefficient (Wildman–Crippen LogP) is 1.02. The molecule has 0 aliphatic carbocycles. The van der Waals surface area contributed by atoms with Crippen LogP contribution in [0.15, 0.2) is 23.0 Å². The highest BCUT2D eigenvalue weighted by atomic mass is 16.3. The van der Waals surface area contributed by atoms with Gasteiger partial charge in [-0.2, -0.15) is 0 Å². The number of aliphatic hydroxyl groups is 1. The fourth-order valence-electron chi connectivity index (χ4n) is 1.71. The number of aromatic amines is 1. The second-order valence-electron chi connectivity index (χ2n) is 3.68. The van der Waals surface area contributed by atoms with Crippen LogP contribution < -0.4 is 5.69 Å². The molecule has 0 aliphatic rings. The molecule has 0 bridgehead atoms. The first kappa shape index (κ1) is 9.98. The summed E-state index contributed by atoms with van der Waals surface area (Å²) in [6.45, 7) is 2.65. The Morgan fingerprint density at radius 3 is 3.00 bits per heavy atom. The molecule has 4 heteroatoms. The van der Waals surface area contributed by atoms with Crippen molar-refractivity contribution in [2.45, 2.75) is 19.9 Å². The van der Waals surface area contributed by atoms with Crippen LogP contribution in [0.5, 0.6) is 0 Å². The van der Waals surface area contributed by atoms with Crippen molar-refractivity contribution in [3.8, 4) is 0 Å². The van der Waals surface area contributed by atoms with E-state index in [4.69, 9.17) is 5.11 Å². The molecule has 0 saturated carbocycles. The Hall–Kier alpha value is -1.55. The largest absolute Gasteiger partial charge is 0.396 e. The van der Waals surface area contributed by atoms with E-state index in [1.165, 1.54) is 0 Å². The van der Waals surface area contributed by atoms with Crippen molar-refractivity contribution < 1.29 is 5.11 Å². The van der Waals surface area contributed by atoms with Gasteiger partial charge >= 0.3 is 5.69 Å². The van der Waals surface area contributed by atoms with Crippen LogP contribution in [0.2, 0.25) is 0 Å². The van der Waals surface area contributed by atoms with Crippen molar-refractivity contribution in [2.75, 3.05) is 6.61 Å². The molecule has 1 aromatic carbocycles. The molecule has 80 valence electrons. The summed E-state index contributed by atoms with van der Waals surface area (Å²) in [6, 6.07) is 5.85. The number of aromatic nitrogens is 2. The molecule has 2 aromatic rings. The topological polar surface area (TPSA) is 58.0 Å². The maximum atomic E-state index is 11.6. The molecule has 0 unspecified atom stereocenters. The summed E-state index contributed by atoms with van der Waals surface area (Å²) < 4.78 is 1.67. The van der Waals surface area contributed by atoms with Gasteiger partial charge in [-0.25, -0.2) is 4.79 Å². The Kier molecular flexibility index (Phi) is 2.60. The van der Waals surface area contributed by atoms with Crippen molar-refractivity contribution in [2.24, 2.45) is 0 Å². The van der Waals surface area contributed by atoms with Gasteiger partial charge in [0.15, 0.2) is 0 Å². The van der Waals surface area contributed by atoms with E-state index >= 15 is 0 Å². The molecular weight excluding hydrogens is 192 g/mol. The highest BCUT2D eigenvalue weighted by Crippen LogP contribution is 2.12. The highest BCUT2D eigenvalue weighted by Gasteiger charge is 2.05. The van der Waals surface area contributed by atoms with Crippen LogP contribution in [-0.4, -0.2) is 21.3 Å². The molecule has 0 amide bonds. The number of H-pyrrole nitrogens is 1. The highest BCUT2D eigenvalue weighted by molar-refractivity contribution is 5.75. The number of benzene rings is 1. The lowest BCUT2D eigenvalue weighted by Gasteiger charge is -2.01. The lowest BCUT2D eigenvalue weighted by Crippen LogP contribution is -2.17. The number of hydrogen-bond acceptors (Lipinski definition) is 2. The first-order valence-corrected chi connectivity index (χ1v) is 5.02. The molecule has 0 fully saturated rings. The van der Waals surface area contributed by atoms with Crippen molar-refractivity contribution >= 4 is 11.0 Å². The molecule has 0 saturated heterocycles. The van der Waals surface area contributed by atoms with E-state index in [0.717, 1.165) is 16.6 Å². The van der Waals surface area contributed by atoms with Gasteiger partial charge in [0.2, 0.25) is 0 Å². The van der Waals surface area contributed by atoms with E-state index in [9.17, 15) is 4.79 Å². The average molecular weight is 206 g/mol. The maximum Gasteiger partial charge on any atom is 0.326 e. The molecular formula is C11H14N2O2. The molecule has 0 spiro atoms. The third-order valence-electron chi connectivity index (χ3n) is 2.47. The van der Waals surface area contributed by atoms with Gasteiger partial charge in [-0.1, -0.05) is 6.07 Å². The van der Waals surface area contributed by atoms with E-state index in [-0.39, 0.29) is 12.3 Å². The minimum Gasteiger partial charge on any atom is -0.396 e. The molecule has 1 heterocycles. The number of aliphatic hydroxyl groups excluding tert-OH is 1. The van der Waals surface area contributed by atoms with Crippen LogP contribution in [0, 0.1) is 6.92 Å². The van der Waals surface area contributed by atoms with Crippen LogP contribution in [-0.2, 0) is 6.54 Å². The molecule has 0 atom stereocenters. The number of hydrogen-bond donors (Lipinski definition) is 2. The van der Waals surface area contributed by atoms with Crippen molar-refractivity contribution in [3.63, 3.8) is 0 Å². The Labute approximate surface area is 87.2 Å². The number of rotatable bonds is 3. The van der Waals surface area contributed by atoms with Gasteiger partial charge in [-0.15, -0.1) is 0 Å². The summed E-state index contributed by atoms with van der Waals surface area (Å²) >= 11 is 0. The minimum absolute atomic E-state index is 0.102. The van der Waals surface area contributed by atoms with Gasteiger partial charge in [-0.05, 0) is 31.0 Å². The summed E-state index contributed by atoms with van der Waals surface area (Å²) in [7, 11) is 0. The second kappa shape index (κ2) is 3.90. The molecule has 2 rings (SSSR count). The number of aryl methyl sites for hydroxylation is 2. The second-order valence-corrected chi connectivity index (χ2v) is 3.68. The summed E-state index contributed by atoms with van der Waals surface area (Å²) in [5.74, 6) is 0. The summed E-state index contributed by atoms with van der Waals surface area (Å²) in [5.41, 5.74) is 2.78. The zero-order valence-electron chi connectivity index (χ0n) is 8.66. The van der Waals surface area contributed by atoms with E-state index in [1.54, 1.807) is 4.57 Å². The third-order valence-corrected chi connectivity index (χ3v) is 2.47. The monoisotopic (exact) mass is 206 g/mol.